The highest BCUT2D eigenvalue weighted by Gasteiger charge is 2.26. The second kappa shape index (κ2) is 10.4. The molecule has 0 radical (unpaired) electrons. The van der Waals surface area contributed by atoms with E-state index in [0.29, 0.717) is 34.0 Å². The Morgan fingerprint density at radius 3 is 2.49 bits per heavy atom. The molecule has 1 amide bonds. The number of carbonyl (C=O) groups excluding carboxylic acids is 1. The third-order valence-corrected chi connectivity index (χ3v) is 7.22. The van der Waals surface area contributed by atoms with E-state index >= 15 is 0 Å². The zero-order valence-electron chi connectivity index (χ0n) is 20.2. The summed E-state index contributed by atoms with van der Waals surface area (Å²) in [5, 5.41) is 3.52. The number of benzene rings is 1. The largest absolute Gasteiger partial charge is 0.349 e. The molecule has 0 spiro atoms. The summed E-state index contributed by atoms with van der Waals surface area (Å²) in [5.41, 5.74) is 2.48. The summed E-state index contributed by atoms with van der Waals surface area (Å²) < 4.78 is 29.2. The molecular weight excluding hydrogens is 500 g/mol. The second-order valence-electron chi connectivity index (χ2n) is 9.44. The first-order chi connectivity index (χ1) is 17.8. The van der Waals surface area contributed by atoms with E-state index in [1.807, 2.05) is 24.3 Å². The number of pyridine rings is 2. The summed E-state index contributed by atoms with van der Waals surface area (Å²) in [6.07, 6.45) is 3.48. The minimum atomic E-state index is -2.67. The number of aryl methyl sites for hydroxylation is 1. The highest BCUT2D eigenvalue weighted by atomic mass is 35.5. The first-order valence-electron chi connectivity index (χ1n) is 12.2. The number of amides is 1. The molecule has 3 heterocycles. The molecule has 1 N–H and O–H groups in total. The van der Waals surface area contributed by atoms with Gasteiger partial charge in [-0.05, 0) is 68.9 Å². The SMILES string of the molecule is Cc1ncc(Cl)cc1C(=O)N[C@H]1CC[C@H](Cn2c(=O)n(-c3ccc(C(F)F)nc3)c3ccccc32)CC1. The summed E-state index contributed by atoms with van der Waals surface area (Å²) in [7, 11) is 0. The van der Waals surface area contributed by atoms with Crippen LogP contribution in [0.4, 0.5) is 8.78 Å². The quantitative estimate of drug-likeness (QED) is 0.362. The van der Waals surface area contributed by atoms with E-state index in [4.69, 9.17) is 11.6 Å². The molecule has 4 aromatic rings. The lowest BCUT2D eigenvalue weighted by Crippen LogP contribution is -2.39. The standard InChI is InChI=1S/C27H26ClF2N5O2/c1-16-21(12-18(28)13-31-16)26(36)33-19-8-6-17(7-9-19)15-34-23-4-2-3-5-24(23)35(27(34)37)20-10-11-22(25(29)30)32-14-20/h2-5,10-14,17,19,25H,6-9,15H2,1H3,(H,33,36)/t17-,19-. The van der Waals surface area contributed by atoms with Crippen LogP contribution < -0.4 is 11.0 Å². The fourth-order valence-electron chi connectivity index (χ4n) is 5.04. The third-order valence-electron chi connectivity index (χ3n) is 7.01. The molecule has 0 aliphatic heterocycles. The maximum Gasteiger partial charge on any atom is 0.333 e. The first kappa shape index (κ1) is 25.1. The number of carbonyl (C=O) groups is 1. The molecule has 1 saturated carbocycles. The molecule has 0 atom stereocenters. The summed E-state index contributed by atoms with van der Waals surface area (Å²) in [6, 6.07) is 11.9. The van der Waals surface area contributed by atoms with Gasteiger partial charge in [0, 0.05) is 18.8 Å². The molecule has 0 bridgehead atoms. The number of aromatic nitrogens is 4. The summed E-state index contributed by atoms with van der Waals surface area (Å²) in [5.74, 6) is 0.0840. The molecule has 1 aliphatic carbocycles. The number of halogens is 3. The highest BCUT2D eigenvalue weighted by molar-refractivity contribution is 6.30. The van der Waals surface area contributed by atoms with Gasteiger partial charge in [-0.15, -0.1) is 0 Å². The number of hydrogen-bond donors (Lipinski definition) is 1. The molecule has 1 aromatic carbocycles. The van der Waals surface area contributed by atoms with Crippen LogP contribution in [-0.2, 0) is 6.54 Å². The van der Waals surface area contributed by atoms with Gasteiger partial charge in [-0.2, -0.15) is 0 Å². The Hall–Kier alpha value is -3.59. The molecule has 1 aliphatic rings. The monoisotopic (exact) mass is 525 g/mol. The Morgan fingerprint density at radius 1 is 1.08 bits per heavy atom. The third kappa shape index (κ3) is 5.13. The Labute approximate surface area is 217 Å². The van der Waals surface area contributed by atoms with E-state index in [2.05, 4.69) is 15.3 Å². The topological polar surface area (TPSA) is 81.8 Å². The van der Waals surface area contributed by atoms with Crippen molar-refractivity contribution in [1.29, 1.82) is 0 Å². The Morgan fingerprint density at radius 2 is 1.81 bits per heavy atom. The van der Waals surface area contributed by atoms with Gasteiger partial charge < -0.3 is 5.32 Å². The molecule has 37 heavy (non-hydrogen) atoms. The zero-order valence-corrected chi connectivity index (χ0v) is 21.0. The van der Waals surface area contributed by atoms with E-state index in [9.17, 15) is 18.4 Å². The molecule has 0 unspecified atom stereocenters. The Balaban J connectivity index is 1.31. The summed E-state index contributed by atoms with van der Waals surface area (Å²) in [4.78, 5) is 34.2. The van der Waals surface area contributed by atoms with E-state index < -0.39 is 6.43 Å². The van der Waals surface area contributed by atoms with Crippen LogP contribution >= 0.6 is 11.6 Å². The maximum absolute atomic E-state index is 13.5. The van der Waals surface area contributed by atoms with Gasteiger partial charge in [0.15, 0.2) is 0 Å². The van der Waals surface area contributed by atoms with E-state index in [1.54, 1.807) is 17.6 Å². The minimum Gasteiger partial charge on any atom is -0.349 e. The van der Waals surface area contributed by atoms with Gasteiger partial charge in [-0.3, -0.25) is 23.9 Å². The summed E-state index contributed by atoms with van der Waals surface area (Å²) in [6.45, 7) is 2.31. The van der Waals surface area contributed by atoms with Crippen molar-refractivity contribution in [2.24, 2.45) is 5.92 Å². The lowest BCUT2D eigenvalue weighted by Gasteiger charge is -2.29. The van der Waals surface area contributed by atoms with Gasteiger partial charge in [-0.1, -0.05) is 23.7 Å². The number of hydrogen-bond acceptors (Lipinski definition) is 4. The van der Waals surface area contributed by atoms with Crippen LogP contribution in [0.1, 0.15) is 53.9 Å². The number of nitrogens with one attached hydrogen (secondary N) is 1. The first-order valence-corrected chi connectivity index (χ1v) is 12.6. The number of alkyl halides is 2. The maximum atomic E-state index is 13.5. The molecule has 10 heteroatoms. The van der Waals surface area contributed by atoms with Crippen LogP contribution in [0.15, 0.2) is 59.7 Å². The number of rotatable bonds is 6. The molecule has 7 nitrogen and oxygen atoms in total. The zero-order chi connectivity index (χ0) is 26.1. The molecular formula is C27H26ClF2N5O2. The Bertz CT molecular complexity index is 1490. The number of fused-ring (bicyclic) bond motifs is 1. The van der Waals surface area contributed by atoms with Gasteiger partial charge in [0.1, 0.15) is 5.69 Å². The van der Waals surface area contributed by atoms with E-state index in [0.717, 1.165) is 31.2 Å². The molecule has 5 rings (SSSR count). The van der Waals surface area contributed by atoms with Crippen molar-refractivity contribution in [2.45, 2.75) is 51.6 Å². The fourth-order valence-corrected chi connectivity index (χ4v) is 5.20. The van der Waals surface area contributed by atoms with Crippen molar-refractivity contribution < 1.29 is 13.6 Å². The van der Waals surface area contributed by atoms with Gasteiger partial charge in [0.25, 0.3) is 12.3 Å². The van der Waals surface area contributed by atoms with Gasteiger partial charge >= 0.3 is 5.69 Å². The van der Waals surface area contributed by atoms with Gasteiger partial charge in [0.05, 0.1) is 39.2 Å². The smallest absolute Gasteiger partial charge is 0.333 e. The van der Waals surface area contributed by atoms with Crippen LogP contribution in [0, 0.1) is 12.8 Å². The molecule has 192 valence electrons. The van der Waals surface area contributed by atoms with E-state index in [-0.39, 0.29) is 29.3 Å². The van der Waals surface area contributed by atoms with Crippen LogP contribution in [0.5, 0.6) is 0 Å². The Kier molecular flexibility index (Phi) is 7.06. The molecule has 3 aromatic heterocycles. The van der Waals surface area contributed by atoms with Crippen molar-refractivity contribution in [1.82, 2.24) is 24.4 Å². The summed E-state index contributed by atoms with van der Waals surface area (Å²) >= 11 is 6.01. The fraction of sp³-hybridized carbons (Fsp3) is 0.333. The number of para-hydroxylation sites is 2. The van der Waals surface area contributed by atoms with Gasteiger partial charge in [-0.25, -0.2) is 13.6 Å². The van der Waals surface area contributed by atoms with Crippen molar-refractivity contribution in [3.8, 4) is 5.69 Å². The van der Waals surface area contributed by atoms with Crippen LogP contribution in [-0.4, -0.2) is 31.1 Å². The lowest BCUT2D eigenvalue weighted by molar-refractivity contribution is 0.0919. The van der Waals surface area contributed by atoms with Crippen LogP contribution in [0.25, 0.3) is 16.7 Å². The highest BCUT2D eigenvalue weighted by Crippen LogP contribution is 2.28. The van der Waals surface area contributed by atoms with Crippen molar-refractivity contribution in [2.75, 3.05) is 0 Å². The average Bonchev–Trinajstić information content (AvgIpc) is 3.17. The predicted octanol–water partition coefficient (Wildman–Crippen LogP) is 5.47. The minimum absolute atomic E-state index is 0.0413. The van der Waals surface area contributed by atoms with Crippen molar-refractivity contribution in [3.05, 3.63) is 87.3 Å². The number of nitrogens with zero attached hydrogens (tertiary/aromatic N) is 4. The number of imidazole rings is 1. The average molecular weight is 526 g/mol. The van der Waals surface area contributed by atoms with Crippen molar-refractivity contribution >= 4 is 28.5 Å². The lowest BCUT2D eigenvalue weighted by atomic mass is 9.85. The van der Waals surface area contributed by atoms with E-state index in [1.165, 1.54) is 29.1 Å². The molecule has 1 fully saturated rings. The normalized spacial score (nSPS) is 17.9. The van der Waals surface area contributed by atoms with Crippen molar-refractivity contribution in [3.63, 3.8) is 0 Å². The van der Waals surface area contributed by atoms with Gasteiger partial charge in [0.2, 0.25) is 0 Å². The second-order valence-corrected chi connectivity index (χ2v) is 9.87. The predicted molar refractivity (Wildman–Crippen MR) is 137 cm³/mol. The van der Waals surface area contributed by atoms with Crippen LogP contribution in [0.3, 0.4) is 0 Å². The van der Waals surface area contributed by atoms with Crippen LogP contribution in [0.2, 0.25) is 5.02 Å². The molecule has 0 saturated heterocycles.